The standard InChI is InChI=1S/C11H11ClN2O4/c12-10-8(2-1-3-9(10)14(16)17)11(15)13-4-6-18-7-5-13/h1-3H,4-7H2. The molecule has 1 aliphatic heterocycles. The normalized spacial score (nSPS) is 15.5. The highest BCUT2D eigenvalue weighted by Crippen LogP contribution is 2.28. The van der Waals surface area contributed by atoms with Crippen LogP contribution >= 0.6 is 11.6 Å². The van der Waals surface area contributed by atoms with Crippen molar-refractivity contribution in [2.24, 2.45) is 0 Å². The van der Waals surface area contributed by atoms with E-state index in [9.17, 15) is 14.9 Å². The van der Waals surface area contributed by atoms with Crippen molar-refractivity contribution in [3.05, 3.63) is 38.9 Å². The number of hydrogen-bond donors (Lipinski definition) is 0. The smallest absolute Gasteiger partial charge is 0.288 e. The van der Waals surface area contributed by atoms with Gasteiger partial charge in [-0.3, -0.25) is 14.9 Å². The largest absolute Gasteiger partial charge is 0.378 e. The first kappa shape index (κ1) is 12.8. The second-order valence-electron chi connectivity index (χ2n) is 3.80. The van der Waals surface area contributed by atoms with E-state index < -0.39 is 4.92 Å². The average molecular weight is 271 g/mol. The van der Waals surface area contributed by atoms with Crippen molar-refractivity contribution in [3.8, 4) is 0 Å². The van der Waals surface area contributed by atoms with Gasteiger partial charge in [0.25, 0.3) is 11.6 Å². The van der Waals surface area contributed by atoms with Crippen molar-refractivity contribution in [3.63, 3.8) is 0 Å². The lowest BCUT2D eigenvalue weighted by atomic mass is 10.1. The number of rotatable bonds is 2. The number of hydrogen-bond acceptors (Lipinski definition) is 4. The summed E-state index contributed by atoms with van der Waals surface area (Å²) in [5.41, 5.74) is -0.0939. The highest BCUT2D eigenvalue weighted by molar-refractivity contribution is 6.35. The number of nitro benzene ring substituents is 1. The molecule has 0 radical (unpaired) electrons. The van der Waals surface area contributed by atoms with Gasteiger partial charge in [-0.2, -0.15) is 0 Å². The molecular weight excluding hydrogens is 260 g/mol. The van der Waals surface area contributed by atoms with Crippen LogP contribution in [0.1, 0.15) is 10.4 Å². The number of nitrogens with zero attached hydrogens (tertiary/aromatic N) is 2. The van der Waals surface area contributed by atoms with E-state index >= 15 is 0 Å². The zero-order valence-electron chi connectivity index (χ0n) is 9.47. The van der Waals surface area contributed by atoms with Crippen molar-refractivity contribution in [1.82, 2.24) is 4.90 Å². The maximum Gasteiger partial charge on any atom is 0.288 e. The Morgan fingerprint density at radius 2 is 2.06 bits per heavy atom. The summed E-state index contributed by atoms with van der Waals surface area (Å²) in [5.74, 6) is -0.299. The number of carbonyl (C=O) groups excluding carboxylic acids is 1. The molecule has 1 aromatic carbocycles. The van der Waals surface area contributed by atoms with E-state index in [0.29, 0.717) is 26.3 Å². The molecule has 0 atom stereocenters. The van der Waals surface area contributed by atoms with Crippen LogP contribution in [0, 0.1) is 10.1 Å². The first-order chi connectivity index (χ1) is 8.61. The van der Waals surface area contributed by atoms with Crippen molar-refractivity contribution in [1.29, 1.82) is 0 Å². The van der Waals surface area contributed by atoms with Gasteiger partial charge in [-0.05, 0) is 6.07 Å². The Morgan fingerprint density at radius 3 is 2.67 bits per heavy atom. The van der Waals surface area contributed by atoms with Gasteiger partial charge in [0.2, 0.25) is 0 Å². The monoisotopic (exact) mass is 270 g/mol. The number of amides is 1. The third-order valence-electron chi connectivity index (χ3n) is 2.70. The second-order valence-corrected chi connectivity index (χ2v) is 4.18. The minimum atomic E-state index is -0.599. The molecule has 2 rings (SSSR count). The van der Waals surface area contributed by atoms with Crippen LogP contribution in [0.25, 0.3) is 0 Å². The SMILES string of the molecule is O=C(c1cccc([N+](=O)[O-])c1Cl)N1CCOCC1. The molecule has 1 amide bonds. The molecule has 1 aliphatic rings. The van der Waals surface area contributed by atoms with Crippen molar-refractivity contribution in [2.45, 2.75) is 0 Å². The van der Waals surface area contributed by atoms with Crippen LogP contribution in [0.5, 0.6) is 0 Å². The lowest BCUT2D eigenvalue weighted by Crippen LogP contribution is -2.40. The molecular formula is C11H11ClN2O4. The molecule has 0 unspecified atom stereocenters. The van der Waals surface area contributed by atoms with Crippen LogP contribution in [0.2, 0.25) is 5.02 Å². The van der Waals surface area contributed by atoms with E-state index in [4.69, 9.17) is 16.3 Å². The van der Waals surface area contributed by atoms with Crippen LogP contribution < -0.4 is 0 Å². The lowest BCUT2D eigenvalue weighted by molar-refractivity contribution is -0.384. The summed E-state index contributed by atoms with van der Waals surface area (Å²) in [6.07, 6.45) is 0. The zero-order valence-corrected chi connectivity index (χ0v) is 10.2. The van der Waals surface area contributed by atoms with Gasteiger partial charge in [0.05, 0.1) is 23.7 Å². The number of carbonyl (C=O) groups is 1. The Bertz CT molecular complexity index is 486. The topological polar surface area (TPSA) is 72.7 Å². The molecule has 1 fully saturated rings. The van der Waals surface area contributed by atoms with E-state index in [-0.39, 0.29) is 22.2 Å². The van der Waals surface area contributed by atoms with Gasteiger partial charge in [0, 0.05) is 19.2 Å². The quantitative estimate of drug-likeness (QED) is 0.606. The number of morpholine rings is 1. The van der Waals surface area contributed by atoms with Gasteiger partial charge < -0.3 is 9.64 Å². The molecule has 96 valence electrons. The van der Waals surface area contributed by atoms with Crippen LogP contribution in [-0.4, -0.2) is 42.0 Å². The molecule has 18 heavy (non-hydrogen) atoms. The second kappa shape index (κ2) is 5.32. The fourth-order valence-electron chi connectivity index (χ4n) is 1.76. The summed E-state index contributed by atoms with van der Waals surface area (Å²) in [4.78, 5) is 23.9. The molecule has 1 saturated heterocycles. The van der Waals surface area contributed by atoms with Crippen molar-refractivity contribution < 1.29 is 14.5 Å². The summed E-state index contributed by atoms with van der Waals surface area (Å²) in [6, 6.07) is 4.23. The molecule has 0 aliphatic carbocycles. The number of nitro groups is 1. The molecule has 0 aromatic heterocycles. The Labute approximate surface area is 108 Å². The maximum absolute atomic E-state index is 12.2. The summed E-state index contributed by atoms with van der Waals surface area (Å²) >= 11 is 5.90. The van der Waals surface area contributed by atoms with Gasteiger partial charge in [-0.25, -0.2) is 0 Å². The molecule has 1 heterocycles. The first-order valence-electron chi connectivity index (χ1n) is 5.41. The fourth-order valence-corrected chi connectivity index (χ4v) is 2.04. The molecule has 0 N–H and O–H groups in total. The summed E-state index contributed by atoms with van der Waals surface area (Å²) < 4.78 is 5.14. The van der Waals surface area contributed by atoms with Crippen LogP contribution in [0.3, 0.4) is 0 Å². The minimum Gasteiger partial charge on any atom is -0.378 e. The van der Waals surface area contributed by atoms with Gasteiger partial charge in [-0.15, -0.1) is 0 Å². The van der Waals surface area contributed by atoms with Gasteiger partial charge >= 0.3 is 0 Å². The molecule has 1 aromatic rings. The van der Waals surface area contributed by atoms with E-state index in [1.54, 1.807) is 4.90 Å². The van der Waals surface area contributed by atoms with Gasteiger partial charge in [0.15, 0.2) is 0 Å². The Hall–Kier alpha value is -1.66. The highest BCUT2D eigenvalue weighted by atomic mass is 35.5. The Kier molecular flexibility index (Phi) is 3.78. The predicted octanol–water partition coefficient (Wildman–Crippen LogP) is 1.72. The maximum atomic E-state index is 12.2. The van der Waals surface area contributed by atoms with Gasteiger partial charge in [0.1, 0.15) is 5.02 Å². The predicted molar refractivity (Wildman–Crippen MR) is 64.8 cm³/mol. The Morgan fingerprint density at radius 1 is 1.39 bits per heavy atom. The van der Waals surface area contributed by atoms with E-state index in [1.807, 2.05) is 0 Å². The Balaban J connectivity index is 2.30. The van der Waals surface area contributed by atoms with E-state index in [0.717, 1.165) is 0 Å². The van der Waals surface area contributed by atoms with E-state index in [1.165, 1.54) is 18.2 Å². The molecule has 0 bridgehead atoms. The van der Waals surface area contributed by atoms with Crippen LogP contribution in [-0.2, 0) is 4.74 Å². The fraction of sp³-hybridized carbons (Fsp3) is 0.364. The third kappa shape index (κ3) is 2.44. The highest BCUT2D eigenvalue weighted by Gasteiger charge is 2.24. The molecule has 6 nitrogen and oxygen atoms in total. The summed E-state index contributed by atoms with van der Waals surface area (Å²) in [7, 11) is 0. The van der Waals surface area contributed by atoms with Crippen LogP contribution in [0.15, 0.2) is 18.2 Å². The molecule has 0 saturated carbocycles. The summed E-state index contributed by atoms with van der Waals surface area (Å²) in [5, 5.41) is 10.6. The average Bonchev–Trinajstić information content (AvgIpc) is 2.39. The van der Waals surface area contributed by atoms with Crippen LogP contribution in [0.4, 0.5) is 5.69 Å². The van der Waals surface area contributed by atoms with Crippen molar-refractivity contribution in [2.75, 3.05) is 26.3 Å². The number of benzene rings is 1. The lowest BCUT2D eigenvalue weighted by Gasteiger charge is -2.27. The van der Waals surface area contributed by atoms with E-state index in [2.05, 4.69) is 0 Å². The molecule has 7 heteroatoms. The van der Waals surface area contributed by atoms with Crippen molar-refractivity contribution >= 4 is 23.2 Å². The zero-order chi connectivity index (χ0) is 13.1. The minimum absolute atomic E-state index is 0.112. The third-order valence-corrected chi connectivity index (χ3v) is 3.10. The first-order valence-corrected chi connectivity index (χ1v) is 5.79. The van der Waals surface area contributed by atoms with Gasteiger partial charge in [-0.1, -0.05) is 17.7 Å². The number of ether oxygens (including phenoxy) is 1. The molecule has 0 spiro atoms. The summed E-state index contributed by atoms with van der Waals surface area (Å²) in [6.45, 7) is 1.88. The number of halogens is 1.